The first-order chi connectivity index (χ1) is 6.20. The van der Waals surface area contributed by atoms with Crippen LogP contribution < -0.4 is 5.84 Å². The van der Waals surface area contributed by atoms with Crippen molar-refractivity contribution >= 4 is 11.0 Å². The maximum atomic E-state index is 5.70. The highest BCUT2D eigenvalue weighted by atomic mass is 15.3. The van der Waals surface area contributed by atoms with E-state index in [4.69, 9.17) is 5.84 Å². The van der Waals surface area contributed by atoms with E-state index in [1.807, 2.05) is 12.1 Å². The lowest BCUT2D eigenvalue weighted by Crippen LogP contribution is -2.05. The summed E-state index contributed by atoms with van der Waals surface area (Å²) in [4.78, 5) is 4.28. The molecule has 0 saturated carbocycles. The molecule has 1 heterocycles. The number of para-hydroxylation sites is 1. The van der Waals surface area contributed by atoms with Gasteiger partial charge >= 0.3 is 0 Å². The molecule has 68 valence electrons. The maximum Gasteiger partial charge on any atom is 0.115 e. The largest absolute Gasteiger partial charge is 0.338 e. The Morgan fingerprint density at radius 1 is 1.38 bits per heavy atom. The van der Waals surface area contributed by atoms with Gasteiger partial charge in [0, 0.05) is 0 Å². The molecule has 3 nitrogen and oxygen atoms in total. The fraction of sp³-hybridized carbons (Fsp3) is 0.300. The van der Waals surface area contributed by atoms with Crippen molar-refractivity contribution in [1.82, 2.24) is 9.66 Å². The van der Waals surface area contributed by atoms with Crippen LogP contribution in [0.25, 0.3) is 11.0 Å². The van der Waals surface area contributed by atoms with Crippen LogP contribution in [-0.2, 0) is 0 Å². The van der Waals surface area contributed by atoms with Crippen LogP contribution in [0.4, 0.5) is 0 Å². The Kier molecular flexibility index (Phi) is 1.72. The quantitative estimate of drug-likeness (QED) is 0.672. The van der Waals surface area contributed by atoms with Gasteiger partial charge in [0.25, 0.3) is 0 Å². The molecule has 0 fully saturated rings. The van der Waals surface area contributed by atoms with Gasteiger partial charge in [0.05, 0.1) is 11.0 Å². The van der Waals surface area contributed by atoms with Crippen molar-refractivity contribution in [2.75, 3.05) is 5.84 Å². The molecule has 0 aliphatic carbocycles. The lowest BCUT2D eigenvalue weighted by atomic mass is 10.0. The molecular weight excluding hydrogens is 162 g/mol. The minimum Gasteiger partial charge on any atom is -0.338 e. The maximum absolute atomic E-state index is 5.70. The molecular formula is C10H13N3. The zero-order valence-electron chi connectivity index (χ0n) is 7.86. The molecule has 2 rings (SSSR count). The summed E-state index contributed by atoms with van der Waals surface area (Å²) in [6.07, 6.45) is 1.65. The summed E-state index contributed by atoms with van der Waals surface area (Å²) < 4.78 is 1.56. The molecule has 0 bridgehead atoms. The minimum absolute atomic E-state index is 0.485. The second-order valence-electron chi connectivity index (χ2n) is 3.52. The summed E-state index contributed by atoms with van der Waals surface area (Å²) in [5.41, 5.74) is 3.26. The van der Waals surface area contributed by atoms with Crippen LogP contribution in [0.2, 0.25) is 0 Å². The summed E-state index contributed by atoms with van der Waals surface area (Å²) in [7, 11) is 0. The van der Waals surface area contributed by atoms with Crippen LogP contribution in [-0.4, -0.2) is 9.66 Å². The van der Waals surface area contributed by atoms with Gasteiger partial charge in [-0.15, -0.1) is 0 Å². The van der Waals surface area contributed by atoms with E-state index in [1.54, 1.807) is 11.0 Å². The highest BCUT2D eigenvalue weighted by Gasteiger charge is 2.07. The lowest BCUT2D eigenvalue weighted by Gasteiger charge is -2.05. The monoisotopic (exact) mass is 175 g/mol. The Hall–Kier alpha value is -1.51. The molecule has 2 N–H and O–H groups in total. The number of fused-ring (bicyclic) bond motifs is 1. The molecule has 0 saturated heterocycles. The molecule has 0 aliphatic heterocycles. The topological polar surface area (TPSA) is 43.8 Å². The van der Waals surface area contributed by atoms with Crippen molar-refractivity contribution in [3.05, 3.63) is 30.1 Å². The zero-order valence-corrected chi connectivity index (χ0v) is 7.86. The average molecular weight is 175 g/mol. The third kappa shape index (κ3) is 1.16. The van der Waals surface area contributed by atoms with Crippen molar-refractivity contribution in [1.29, 1.82) is 0 Å². The highest BCUT2D eigenvalue weighted by molar-refractivity contribution is 5.79. The van der Waals surface area contributed by atoms with E-state index in [1.165, 1.54) is 5.56 Å². The van der Waals surface area contributed by atoms with Crippen LogP contribution >= 0.6 is 0 Å². The van der Waals surface area contributed by atoms with Crippen LogP contribution in [0.15, 0.2) is 24.5 Å². The SMILES string of the molecule is CC(C)c1cccc2c1ncn2N. The van der Waals surface area contributed by atoms with E-state index in [0.29, 0.717) is 5.92 Å². The van der Waals surface area contributed by atoms with Gasteiger partial charge in [-0.05, 0) is 17.5 Å². The molecule has 13 heavy (non-hydrogen) atoms. The Morgan fingerprint density at radius 3 is 2.85 bits per heavy atom. The van der Waals surface area contributed by atoms with Crippen molar-refractivity contribution < 1.29 is 0 Å². The molecule has 0 unspecified atom stereocenters. The standard InChI is InChI=1S/C10H13N3/c1-7(2)8-4-3-5-9-10(8)12-6-13(9)11/h3-7H,11H2,1-2H3. The van der Waals surface area contributed by atoms with E-state index < -0.39 is 0 Å². The number of nitrogens with two attached hydrogens (primary N) is 1. The second-order valence-corrected chi connectivity index (χ2v) is 3.52. The molecule has 0 aliphatic rings. The van der Waals surface area contributed by atoms with Gasteiger partial charge in [-0.25, -0.2) is 9.66 Å². The molecule has 0 spiro atoms. The number of benzene rings is 1. The number of hydrogen-bond acceptors (Lipinski definition) is 2. The number of rotatable bonds is 1. The molecule has 0 atom stereocenters. The number of imidazole rings is 1. The lowest BCUT2D eigenvalue weighted by molar-refractivity contribution is 0.873. The van der Waals surface area contributed by atoms with E-state index in [9.17, 15) is 0 Å². The van der Waals surface area contributed by atoms with Crippen LogP contribution in [0.5, 0.6) is 0 Å². The smallest absolute Gasteiger partial charge is 0.115 e. The van der Waals surface area contributed by atoms with Crippen LogP contribution in [0.1, 0.15) is 25.3 Å². The molecule has 3 heteroatoms. The fourth-order valence-electron chi connectivity index (χ4n) is 1.55. The third-order valence-corrected chi connectivity index (χ3v) is 2.26. The fourth-order valence-corrected chi connectivity index (χ4v) is 1.55. The molecule has 0 radical (unpaired) electrons. The van der Waals surface area contributed by atoms with Crippen molar-refractivity contribution in [2.45, 2.75) is 19.8 Å². The number of nitrogens with zero attached hydrogens (tertiary/aromatic N) is 2. The minimum atomic E-state index is 0.485. The molecule has 1 aromatic heterocycles. The summed E-state index contributed by atoms with van der Waals surface area (Å²) in [5.74, 6) is 6.18. The number of hydrogen-bond donors (Lipinski definition) is 1. The van der Waals surface area contributed by atoms with Gasteiger partial charge in [0.15, 0.2) is 0 Å². The Labute approximate surface area is 77.2 Å². The summed E-state index contributed by atoms with van der Waals surface area (Å²) in [5, 5.41) is 0. The zero-order chi connectivity index (χ0) is 9.42. The van der Waals surface area contributed by atoms with Crippen molar-refractivity contribution in [2.24, 2.45) is 0 Å². The van der Waals surface area contributed by atoms with E-state index in [-0.39, 0.29) is 0 Å². The predicted molar refractivity (Wildman–Crippen MR) is 54.0 cm³/mol. The number of aromatic nitrogens is 2. The van der Waals surface area contributed by atoms with E-state index in [0.717, 1.165) is 11.0 Å². The Bertz CT molecular complexity index is 429. The average Bonchev–Trinajstić information content (AvgIpc) is 2.48. The van der Waals surface area contributed by atoms with Crippen LogP contribution in [0, 0.1) is 0 Å². The predicted octanol–water partition coefficient (Wildman–Crippen LogP) is 1.87. The third-order valence-electron chi connectivity index (χ3n) is 2.26. The van der Waals surface area contributed by atoms with Gasteiger partial charge in [0.2, 0.25) is 0 Å². The summed E-state index contributed by atoms with van der Waals surface area (Å²) in [6.45, 7) is 4.31. The number of nitrogen functional groups attached to an aromatic ring is 1. The van der Waals surface area contributed by atoms with E-state index >= 15 is 0 Å². The van der Waals surface area contributed by atoms with Crippen LogP contribution in [0.3, 0.4) is 0 Å². The van der Waals surface area contributed by atoms with Crippen molar-refractivity contribution in [3.8, 4) is 0 Å². The van der Waals surface area contributed by atoms with Gasteiger partial charge in [0.1, 0.15) is 6.33 Å². The molecule has 2 aromatic rings. The van der Waals surface area contributed by atoms with Gasteiger partial charge < -0.3 is 5.84 Å². The van der Waals surface area contributed by atoms with Gasteiger partial charge in [-0.2, -0.15) is 0 Å². The highest BCUT2D eigenvalue weighted by Crippen LogP contribution is 2.22. The first-order valence-electron chi connectivity index (χ1n) is 4.41. The van der Waals surface area contributed by atoms with E-state index in [2.05, 4.69) is 24.9 Å². The van der Waals surface area contributed by atoms with Crippen molar-refractivity contribution in [3.63, 3.8) is 0 Å². The Morgan fingerprint density at radius 2 is 2.15 bits per heavy atom. The molecule has 0 amide bonds. The first-order valence-corrected chi connectivity index (χ1v) is 4.41. The molecule has 1 aromatic carbocycles. The first kappa shape index (κ1) is 8.10. The summed E-state index contributed by atoms with van der Waals surface area (Å²) >= 11 is 0. The second kappa shape index (κ2) is 2.76. The van der Waals surface area contributed by atoms with Gasteiger partial charge in [-0.3, -0.25) is 0 Å². The Balaban J connectivity index is 2.77. The summed E-state index contributed by atoms with van der Waals surface area (Å²) in [6, 6.07) is 6.09. The normalized spacial score (nSPS) is 11.3. The van der Waals surface area contributed by atoms with Gasteiger partial charge in [-0.1, -0.05) is 26.0 Å².